The summed E-state index contributed by atoms with van der Waals surface area (Å²) in [5.74, 6) is 0.959. The van der Waals surface area contributed by atoms with Crippen molar-refractivity contribution in [2.24, 2.45) is 11.3 Å². The molecule has 0 bridgehead atoms. The molecule has 0 spiro atoms. The maximum atomic E-state index is 11.1. The van der Waals surface area contributed by atoms with Crippen LogP contribution in [0.1, 0.15) is 40.5 Å². The topological polar surface area (TPSA) is 20.3 Å². The molecule has 0 aliphatic carbocycles. The van der Waals surface area contributed by atoms with Crippen LogP contribution in [0.25, 0.3) is 0 Å². The Balaban J connectivity index is 2.38. The van der Waals surface area contributed by atoms with Gasteiger partial charge in [0.05, 0.1) is 0 Å². The van der Waals surface area contributed by atoms with E-state index in [1.165, 1.54) is 12.8 Å². The molecule has 0 aromatic heterocycles. The fraction of sp³-hybridized carbons (Fsp3) is 0.909. The Labute approximate surface area is 81.3 Å². The van der Waals surface area contributed by atoms with Gasteiger partial charge in [0.1, 0.15) is 0 Å². The molecule has 0 unspecified atom stereocenters. The zero-order chi connectivity index (χ0) is 10.1. The van der Waals surface area contributed by atoms with Crippen molar-refractivity contribution < 1.29 is 4.79 Å². The highest BCUT2D eigenvalue weighted by Crippen LogP contribution is 2.30. The molecule has 0 radical (unpaired) electrons. The van der Waals surface area contributed by atoms with Crippen LogP contribution in [0.15, 0.2) is 0 Å². The average Bonchev–Trinajstić information content (AvgIpc) is 2.31. The summed E-state index contributed by atoms with van der Waals surface area (Å²) in [5.41, 5.74) is 0.400. The van der Waals surface area contributed by atoms with Crippen molar-refractivity contribution in [1.29, 1.82) is 0 Å². The summed E-state index contributed by atoms with van der Waals surface area (Å²) in [6.45, 7) is 10.4. The van der Waals surface area contributed by atoms with Crippen molar-refractivity contribution in [3.05, 3.63) is 0 Å². The van der Waals surface area contributed by atoms with E-state index in [4.69, 9.17) is 0 Å². The number of hydrogen-bond acceptors (Lipinski definition) is 1. The van der Waals surface area contributed by atoms with Crippen LogP contribution in [-0.2, 0) is 4.79 Å². The van der Waals surface area contributed by atoms with Crippen LogP contribution in [0.2, 0.25) is 0 Å². The first-order valence-electron chi connectivity index (χ1n) is 5.14. The maximum absolute atomic E-state index is 11.1. The highest BCUT2D eigenvalue weighted by Gasteiger charge is 2.27. The molecule has 13 heavy (non-hydrogen) atoms. The molecular weight excluding hydrogens is 162 g/mol. The predicted molar refractivity (Wildman–Crippen MR) is 54.4 cm³/mol. The van der Waals surface area contributed by atoms with Crippen LogP contribution in [0, 0.1) is 11.3 Å². The normalized spacial score (nSPS) is 23.7. The average molecular weight is 183 g/mol. The molecule has 1 amide bonds. The van der Waals surface area contributed by atoms with Gasteiger partial charge in [-0.05, 0) is 24.2 Å². The second kappa shape index (κ2) is 3.69. The van der Waals surface area contributed by atoms with E-state index in [1.54, 1.807) is 6.92 Å². The van der Waals surface area contributed by atoms with E-state index >= 15 is 0 Å². The van der Waals surface area contributed by atoms with E-state index in [1.807, 2.05) is 4.90 Å². The van der Waals surface area contributed by atoms with Crippen molar-refractivity contribution >= 4 is 5.91 Å². The van der Waals surface area contributed by atoms with Crippen molar-refractivity contribution in [3.63, 3.8) is 0 Å². The number of carbonyl (C=O) groups excluding carboxylic acids is 1. The SMILES string of the molecule is CC(=O)N1CC[C@H](CC(C)(C)C)C1. The molecule has 0 saturated carbocycles. The third-order valence-electron chi connectivity index (χ3n) is 2.63. The lowest BCUT2D eigenvalue weighted by Gasteiger charge is -2.22. The minimum atomic E-state index is 0.233. The molecule has 1 atom stereocenters. The summed E-state index contributed by atoms with van der Waals surface area (Å²) in [6.07, 6.45) is 2.42. The van der Waals surface area contributed by atoms with Crippen LogP contribution >= 0.6 is 0 Å². The van der Waals surface area contributed by atoms with Gasteiger partial charge in [-0.15, -0.1) is 0 Å². The summed E-state index contributed by atoms with van der Waals surface area (Å²) in [7, 11) is 0. The van der Waals surface area contributed by atoms with E-state index in [2.05, 4.69) is 20.8 Å². The Bertz CT molecular complexity index is 193. The van der Waals surface area contributed by atoms with Crippen LogP contribution in [0.3, 0.4) is 0 Å². The van der Waals surface area contributed by atoms with Gasteiger partial charge >= 0.3 is 0 Å². The highest BCUT2D eigenvalue weighted by atomic mass is 16.2. The third kappa shape index (κ3) is 3.37. The van der Waals surface area contributed by atoms with Crippen LogP contribution in [0.5, 0.6) is 0 Å². The van der Waals surface area contributed by atoms with E-state index < -0.39 is 0 Å². The fourth-order valence-electron chi connectivity index (χ4n) is 2.15. The summed E-state index contributed by atoms with van der Waals surface area (Å²) in [5, 5.41) is 0. The Hall–Kier alpha value is -0.530. The van der Waals surface area contributed by atoms with Gasteiger partial charge in [-0.2, -0.15) is 0 Å². The first-order valence-corrected chi connectivity index (χ1v) is 5.14. The largest absolute Gasteiger partial charge is 0.343 e. The fourth-order valence-corrected chi connectivity index (χ4v) is 2.15. The zero-order valence-electron chi connectivity index (χ0n) is 9.26. The molecule has 76 valence electrons. The Kier molecular flexibility index (Phi) is 2.99. The number of amides is 1. The summed E-state index contributed by atoms with van der Waals surface area (Å²) >= 11 is 0. The van der Waals surface area contributed by atoms with Gasteiger partial charge in [0.2, 0.25) is 5.91 Å². The molecule has 2 nitrogen and oxygen atoms in total. The molecule has 1 rings (SSSR count). The summed E-state index contributed by atoms with van der Waals surface area (Å²) in [6, 6.07) is 0. The van der Waals surface area contributed by atoms with Gasteiger partial charge < -0.3 is 4.90 Å². The quantitative estimate of drug-likeness (QED) is 0.611. The number of nitrogens with zero attached hydrogens (tertiary/aromatic N) is 1. The molecule has 2 heteroatoms. The van der Waals surface area contributed by atoms with Gasteiger partial charge in [-0.3, -0.25) is 4.79 Å². The minimum Gasteiger partial charge on any atom is -0.343 e. The molecule has 1 saturated heterocycles. The molecule has 1 heterocycles. The Morgan fingerprint density at radius 1 is 1.46 bits per heavy atom. The zero-order valence-corrected chi connectivity index (χ0v) is 9.26. The van der Waals surface area contributed by atoms with Crippen molar-refractivity contribution in [3.8, 4) is 0 Å². The molecule has 1 aliphatic heterocycles. The monoisotopic (exact) mass is 183 g/mol. The van der Waals surface area contributed by atoms with Gasteiger partial charge in [-0.25, -0.2) is 0 Å². The standard InChI is InChI=1S/C11H21NO/c1-9(13)12-6-5-10(8-12)7-11(2,3)4/h10H,5-8H2,1-4H3/t10-/m1/s1. The van der Waals surface area contributed by atoms with Gasteiger partial charge in [0.15, 0.2) is 0 Å². The van der Waals surface area contributed by atoms with Crippen molar-refractivity contribution in [1.82, 2.24) is 4.90 Å². The second-order valence-electron chi connectivity index (χ2n) is 5.38. The minimum absolute atomic E-state index is 0.233. The molecule has 0 N–H and O–H groups in total. The van der Waals surface area contributed by atoms with E-state index in [0.717, 1.165) is 19.0 Å². The van der Waals surface area contributed by atoms with Crippen LogP contribution in [-0.4, -0.2) is 23.9 Å². The Morgan fingerprint density at radius 3 is 2.46 bits per heavy atom. The van der Waals surface area contributed by atoms with Crippen molar-refractivity contribution in [2.75, 3.05) is 13.1 Å². The number of hydrogen-bond donors (Lipinski definition) is 0. The number of likely N-dealkylation sites (tertiary alicyclic amines) is 1. The van der Waals surface area contributed by atoms with Gasteiger partial charge in [-0.1, -0.05) is 20.8 Å². The summed E-state index contributed by atoms with van der Waals surface area (Å²) < 4.78 is 0. The lowest BCUT2D eigenvalue weighted by Crippen LogP contribution is -2.26. The van der Waals surface area contributed by atoms with Gasteiger partial charge in [0, 0.05) is 20.0 Å². The summed E-state index contributed by atoms with van der Waals surface area (Å²) in [4.78, 5) is 13.1. The van der Waals surface area contributed by atoms with E-state index in [0.29, 0.717) is 5.41 Å². The van der Waals surface area contributed by atoms with Gasteiger partial charge in [0.25, 0.3) is 0 Å². The molecular formula is C11H21NO. The third-order valence-corrected chi connectivity index (χ3v) is 2.63. The maximum Gasteiger partial charge on any atom is 0.219 e. The predicted octanol–water partition coefficient (Wildman–Crippen LogP) is 2.29. The van der Waals surface area contributed by atoms with Crippen LogP contribution in [0.4, 0.5) is 0 Å². The smallest absolute Gasteiger partial charge is 0.219 e. The van der Waals surface area contributed by atoms with Crippen LogP contribution < -0.4 is 0 Å². The Morgan fingerprint density at radius 2 is 2.08 bits per heavy atom. The van der Waals surface area contributed by atoms with E-state index in [9.17, 15) is 4.79 Å². The number of carbonyl (C=O) groups is 1. The highest BCUT2D eigenvalue weighted by molar-refractivity contribution is 5.73. The lowest BCUT2D eigenvalue weighted by atomic mass is 9.84. The van der Waals surface area contributed by atoms with E-state index in [-0.39, 0.29) is 5.91 Å². The second-order valence-corrected chi connectivity index (χ2v) is 5.38. The van der Waals surface area contributed by atoms with Crippen molar-refractivity contribution in [2.45, 2.75) is 40.5 Å². The first kappa shape index (κ1) is 10.6. The molecule has 0 aromatic carbocycles. The number of rotatable bonds is 1. The molecule has 0 aromatic rings. The molecule has 1 aliphatic rings. The lowest BCUT2D eigenvalue weighted by molar-refractivity contribution is -0.127. The molecule has 1 fully saturated rings. The first-order chi connectivity index (χ1) is 5.88.